The van der Waals surface area contributed by atoms with Gasteiger partial charge in [0.05, 0.1) is 20.8 Å². The number of anilines is 1. The predicted molar refractivity (Wildman–Crippen MR) is 140 cm³/mol. The minimum absolute atomic E-state index is 0.0398. The molecule has 3 aromatic rings. The number of urea groups is 1. The van der Waals surface area contributed by atoms with Crippen molar-refractivity contribution in [1.82, 2.24) is 9.80 Å². The minimum atomic E-state index is -0.365. The van der Waals surface area contributed by atoms with Crippen molar-refractivity contribution in [2.24, 2.45) is 0 Å². The van der Waals surface area contributed by atoms with E-state index in [1.807, 2.05) is 61.4 Å². The highest BCUT2D eigenvalue weighted by Gasteiger charge is 2.25. The summed E-state index contributed by atoms with van der Waals surface area (Å²) in [5.41, 5.74) is 2.73. The van der Waals surface area contributed by atoms with E-state index in [2.05, 4.69) is 11.4 Å². The van der Waals surface area contributed by atoms with E-state index in [1.54, 1.807) is 43.8 Å². The third kappa shape index (κ3) is 7.23. The Morgan fingerprint density at radius 2 is 1.63 bits per heavy atom. The van der Waals surface area contributed by atoms with E-state index >= 15 is 0 Å². The van der Waals surface area contributed by atoms with Crippen molar-refractivity contribution >= 4 is 29.0 Å². The van der Waals surface area contributed by atoms with E-state index in [4.69, 9.17) is 9.47 Å². The average Bonchev–Trinajstić information content (AvgIpc) is 3.26. The number of aryl methyl sites for hydroxylation is 1. The number of thiophene rings is 1. The number of ether oxygens (including phenoxy) is 2. The lowest BCUT2D eigenvalue weighted by Gasteiger charge is -2.30. The number of amides is 3. The van der Waals surface area contributed by atoms with E-state index < -0.39 is 0 Å². The lowest BCUT2D eigenvalue weighted by atomic mass is 10.2. The van der Waals surface area contributed by atoms with Gasteiger partial charge in [-0.25, -0.2) is 4.79 Å². The topological polar surface area (TPSA) is 71.1 Å². The molecular weight excluding hydrogens is 462 g/mol. The molecule has 0 saturated heterocycles. The van der Waals surface area contributed by atoms with Gasteiger partial charge in [-0.2, -0.15) is 0 Å². The standard InChI is InChI=1S/C27H33N3O4S/c1-19(2)30(27(32)28-22-13-23(33-4)15-24(14-22)34-5)18-26(31)29(16-21-9-7-6-8-10-21)17-25-20(3)11-12-35-25/h6-15,19H,16-18H2,1-5H3,(H,28,32). The predicted octanol–water partition coefficient (Wildman–Crippen LogP) is 5.55. The van der Waals surface area contributed by atoms with Crippen molar-refractivity contribution in [3.8, 4) is 11.5 Å². The van der Waals surface area contributed by atoms with E-state index in [1.165, 1.54) is 4.90 Å². The molecule has 0 aliphatic rings. The van der Waals surface area contributed by atoms with Gasteiger partial charge in [0, 0.05) is 41.4 Å². The molecule has 0 fully saturated rings. The van der Waals surface area contributed by atoms with Gasteiger partial charge < -0.3 is 24.6 Å². The van der Waals surface area contributed by atoms with Gasteiger partial charge in [-0.05, 0) is 43.3 Å². The van der Waals surface area contributed by atoms with E-state index in [9.17, 15) is 9.59 Å². The van der Waals surface area contributed by atoms with Crippen LogP contribution < -0.4 is 14.8 Å². The zero-order valence-electron chi connectivity index (χ0n) is 20.9. The first-order chi connectivity index (χ1) is 16.8. The SMILES string of the molecule is COc1cc(NC(=O)N(CC(=O)N(Cc2ccccc2)Cc2sccc2C)C(C)C)cc(OC)c1. The average molecular weight is 496 g/mol. The van der Waals surface area contributed by atoms with Crippen molar-refractivity contribution < 1.29 is 19.1 Å². The van der Waals surface area contributed by atoms with Crippen molar-refractivity contribution in [2.75, 3.05) is 26.1 Å². The second-order valence-electron chi connectivity index (χ2n) is 8.52. The molecule has 0 atom stereocenters. The molecule has 35 heavy (non-hydrogen) atoms. The number of methoxy groups -OCH3 is 2. The van der Waals surface area contributed by atoms with Crippen LogP contribution in [0.2, 0.25) is 0 Å². The van der Waals surface area contributed by atoms with Gasteiger partial charge in [0.15, 0.2) is 0 Å². The molecular formula is C27H33N3O4S. The molecule has 2 aromatic carbocycles. The molecule has 0 aliphatic carbocycles. The Hall–Kier alpha value is -3.52. The monoisotopic (exact) mass is 495 g/mol. The summed E-state index contributed by atoms with van der Waals surface area (Å²) in [5, 5.41) is 4.91. The third-order valence-electron chi connectivity index (χ3n) is 5.66. The highest BCUT2D eigenvalue weighted by atomic mass is 32.1. The van der Waals surface area contributed by atoms with Crippen LogP contribution in [0.25, 0.3) is 0 Å². The van der Waals surface area contributed by atoms with Gasteiger partial charge >= 0.3 is 6.03 Å². The third-order valence-corrected chi connectivity index (χ3v) is 6.67. The van der Waals surface area contributed by atoms with Crippen LogP contribution in [0.5, 0.6) is 11.5 Å². The Kier molecular flexibility index (Phi) is 9.14. The fourth-order valence-corrected chi connectivity index (χ4v) is 4.51. The second-order valence-corrected chi connectivity index (χ2v) is 9.52. The van der Waals surface area contributed by atoms with Crippen LogP contribution in [-0.4, -0.2) is 48.5 Å². The van der Waals surface area contributed by atoms with Crippen LogP contribution in [0, 0.1) is 6.92 Å². The van der Waals surface area contributed by atoms with E-state index in [0.717, 1.165) is 16.0 Å². The zero-order chi connectivity index (χ0) is 25.4. The number of hydrogen-bond donors (Lipinski definition) is 1. The first-order valence-electron chi connectivity index (χ1n) is 11.5. The summed E-state index contributed by atoms with van der Waals surface area (Å²) in [7, 11) is 3.10. The maximum absolute atomic E-state index is 13.5. The number of rotatable bonds is 10. The van der Waals surface area contributed by atoms with Gasteiger partial charge in [-0.3, -0.25) is 4.79 Å². The van der Waals surface area contributed by atoms with Gasteiger partial charge in [0.25, 0.3) is 0 Å². The van der Waals surface area contributed by atoms with Crippen LogP contribution in [0.1, 0.15) is 29.9 Å². The van der Waals surface area contributed by atoms with Gasteiger partial charge in [0.1, 0.15) is 18.0 Å². The molecule has 1 N–H and O–H groups in total. The van der Waals surface area contributed by atoms with Crippen molar-refractivity contribution in [2.45, 2.75) is 39.9 Å². The molecule has 0 spiro atoms. The highest BCUT2D eigenvalue weighted by Crippen LogP contribution is 2.26. The fourth-order valence-electron chi connectivity index (χ4n) is 3.58. The summed E-state index contributed by atoms with van der Waals surface area (Å²) < 4.78 is 10.6. The first-order valence-corrected chi connectivity index (χ1v) is 12.3. The van der Waals surface area contributed by atoms with Gasteiger partial charge in [-0.1, -0.05) is 30.3 Å². The summed E-state index contributed by atoms with van der Waals surface area (Å²) >= 11 is 1.64. The molecule has 0 unspecified atom stereocenters. The molecule has 1 heterocycles. The fraction of sp³-hybridized carbons (Fsp3) is 0.333. The molecule has 8 heteroatoms. The number of hydrogen-bond acceptors (Lipinski definition) is 5. The molecule has 186 valence electrons. The van der Waals surface area contributed by atoms with Gasteiger partial charge in [-0.15, -0.1) is 11.3 Å². The maximum atomic E-state index is 13.5. The summed E-state index contributed by atoms with van der Waals surface area (Å²) in [4.78, 5) is 31.2. The molecule has 3 amide bonds. The highest BCUT2D eigenvalue weighted by molar-refractivity contribution is 7.10. The van der Waals surface area contributed by atoms with Crippen LogP contribution in [0.4, 0.5) is 10.5 Å². The molecule has 0 aliphatic heterocycles. The smallest absolute Gasteiger partial charge is 0.322 e. The Morgan fingerprint density at radius 1 is 0.971 bits per heavy atom. The molecule has 3 rings (SSSR count). The number of nitrogens with zero attached hydrogens (tertiary/aromatic N) is 2. The normalized spacial score (nSPS) is 10.7. The molecule has 1 aromatic heterocycles. The Labute approximate surface area is 211 Å². The lowest BCUT2D eigenvalue weighted by Crippen LogP contribution is -2.47. The van der Waals surface area contributed by atoms with Crippen LogP contribution in [-0.2, 0) is 17.9 Å². The molecule has 0 saturated carbocycles. The number of carbonyl (C=O) groups excluding carboxylic acids is 2. The van der Waals surface area contributed by atoms with Crippen LogP contribution in [0.3, 0.4) is 0 Å². The molecule has 0 bridgehead atoms. The summed E-state index contributed by atoms with van der Waals surface area (Å²) in [6.07, 6.45) is 0. The van der Waals surface area contributed by atoms with Crippen LogP contribution in [0.15, 0.2) is 60.0 Å². The quantitative estimate of drug-likeness (QED) is 0.401. The molecule has 0 radical (unpaired) electrons. The van der Waals surface area contributed by atoms with Crippen molar-refractivity contribution in [3.05, 3.63) is 76.0 Å². The largest absolute Gasteiger partial charge is 0.497 e. The lowest BCUT2D eigenvalue weighted by molar-refractivity contribution is -0.133. The Morgan fingerprint density at radius 3 is 2.17 bits per heavy atom. The second kappa shape index (κ2) is 12.3. The maximum Gasteiger partial charge on any atom is 0.322 e. The van der Waals surface area contributed by atoms with E-state index in [-0.39, 0.29) is 24.5 Å². The first kappa shape index (κ1) is 26.1. The van der Waals surface area contributed by atoms with Gasteiger partial charge in [0.2, 0.25) is 5.91 Å². The summed E-state index contributed by atoms with van der Waals surface area (Å²) in [6, 6.07) is 16.5. The summed E-state index contributed by atoms with van der Waals surface area (Å²) in [6.45, 7) is 6.76. The van der Waals surface area contributed by atoms with Crippen LogP contribution >= 0.6 is 11.3 Å². The Bertz CT molecular complexity index is 1110. The summed E-state index contributed by atoms with van der Waals surface area (Å²) in [5.74, 6) is 1.01. The molecule has 7 nitrogen and oxygen atoms in total. The van der Waals surface area contributed by atoms with Crippen molar-refractivity contribution in [1.29, 1.82) is 0 Å². The zero-order valence-corrected chi connectivity index (χ0v) is 21.7. The number of nitrogens with one attached hydrogen (secondary N) is 1. The number of carbonyl (C=O) groups is 2. The Balaban J connectivity index is 1.78. The van der Waals surface area contributed by atoms with E-state index in [0.29, 0.717) is 30.3 Å². The number of benzene rings is 2. The minimum Gasteiger partial charge on any atom is -0.497 e. The van der Waals surface area contributed by atoms with Crippen molar-refractivity contribution in [3.63, 3.8) is 0 Å².